The first-order valence-corrected chi connectivity index (χ1v) is 10.4. The maximum absolute atomic E-state index is 13.4. The van der Waals surface area contributed by atoms with Crippen LogP contribution in [0.2, 0.25) is 0 Å². The normalized spacial score (nSPS) is 18.5. The second kappa shape index (κ2) is 6.63. The van der Waals surface area contributed by atoms with Crippen molar-refractivity contribution in [3.63, 3.8) is 0 Å². The number of hydrogen-bond acceptors (Lipinski definition) is 4. The van der Waals surface area contributed by atoms with Crippen LogP contribution in [0.25, 0.3) is 10.9 Å². The second-order valence-electron chi connectivity index (χ2n) is 8.85. The van der Waals surface area contributed by atoms with Gasteiger partial charge in [-0.05, 0) is 67.7 Å². The van der Waals surface area contributed by atoms with Crippen molar-refractivity contribution in [1.29, 1.82) is 0 Å². The third-order valence-corrected chi connectivity index (χ3v) is 6.53. The summed E-state index contributed by atoms with van der Waals surface area (Å²) in [6, 6.07) is 11.6. The van der Waals surface area contributed by atoms with E-state index in [0.717, 1.165) is 71.6 Å². The lowest BCUT2D eigenvalue weighted by molar-refractivity contribution is 0.103. The molecule has 1 aliphatic heterocycles. The molecule has 0 unspecified atom stereocenters. The first-order chi connectivity index (χ1) is 13.9. The second-order valence-corrected chi connectivity index (χ2v) is 8.85. The number of H-pyrrole nitrogens is 1. The number of rotatable bonds is 3. The molecule has 5 nitrogen and oxygen atoms in total. The number of nitrogens with one attached hydrogen (secondary N) is 2. The molecular formula is C24H27N3O2. The molecule has 3 aromatic rings. The molecule has 1 saturated heterocycles. The molecule has 2 aliphatic rings. The fourth-order valence-corrected chi connectivity index (χ4v) is 4.78. The summed E-state index contributed by atoms with van der Waals surface area (Å²) >= 11 is 0. The van der Waals surface area contributed by atoms with E-state index >= 15 is 0 Å². The van der Waals surface area contributed by atoms with Crippen molar-refractivity contribution in [3.05, 3.63) is 58.8 Å². The number of piperidine rings is 1. The average Bonchev–Trinajstić information content (AvgIpc) is 3.11. The number of aromatic nitrogens is 1. The van der Waals surface area contributed by atoms with Gasteiger partial charge in [0.25, 0.3) is 0 Å². The molecule has 150 valence electrons. The van der Waals surface area contributed by atoms with Crippen LogP contribution >= 0.6 is 0 Å². The number of carbonyl (C=O) groups is 1. The van der Waals surface area contributed by atoms with Crippen LogP contribution in [0.15, 0.2) is 36.4 Å². The molecule has 1 aliphatic carbocycles. The van der Waals surface area contributed by atoms with Crippen molar-refractivity contribution in [2.24, 2.45) is 5.92 Å². The van der Waals surface area contributed by atoms with Gasteiger partial charge in [-0.2, -0.15) is 0 Å². The van der Waals surface area contributed by atoms with E-state index in [1.165, 1.54) is 0 Å². The monoisotopic (exact) mass is 389 g/mol. The van der Waals surface area contributed by atoms with Crippen molar-refractivity contribution in [1.82, 2.24) is 10.3 Å². The van der Waals surface area contributed by atoms with Gasteiger partial charge in [0.2, 0.25) is 0 Å². The Hall–Kier alpha value is -2.79. The Labute approximate surface area is 170 Å². The number of carbonyl (C=O) groups excluding carboxylic acids is 1. The third-order valence-electron chi connectivity index (χ3n) is 6.53. The molecule has 2 heterocycles. The highest BCUT2D eigenvalue weighted by Crippen LogP contribution is 2.44. The largest absolute Gasteiger partial charge is 0.493 e. The molecule has 0 spiro atoms. The molecule has 2 aromatic carbocycles. The molecule has 0 radical (unpaired) electrons. The molecule has 0 amide bonds. The lowest BCUT2D eigenvalue weighted by Crippen LogP contribution is -2.31. The Kier molecular flexibility index (Phi) is 4.17. The number of anilines is 1. The van der Waals surface area contributed by atoms with Gasteiger partial charge in [0, 0.05) is 33.3 Å². The maximum Gasteiger partial charge on any atom is 0.195 e. The van der Waals surface area contributed by atoms with Crippen molar-refractivity contribution in [2.75, 3.05) is 25.4 Å². The van der Waals surface area contributed by atoms with Gasteiger partial charge in [0.05, 0.1) is 12.2 Å². The van der Waals surface area contributed by atoms with Gasteiger partial charge in [-0.25, -0.2) is 0 Å². The van der Waals surface area contributed by atoms with Crippen molar-refractivity contribution in [2.45, 2.75) is 32.1 Å². The average molecular weight is 389 g/mol. The summed E-state index contributed by atoms with van der Waals surface area (Å²) in [5.41, 5.74) is 10.7. The molecule has 4 N–H and O–H groups in total. The summed E-state index contributed by atoms with van der Waals surface area (Å²) in [7, 11) is 0. The highest BCUT2D eigenvalue weighted by Gasteiger charge is 2.39. The van der Waals surface area contributed by atoms with Crippen LogP contribution in [0.5, 0.6) is 5.75 Å². The number of aromatic amines is 1. The number of nitrogen functional groups attached to an aromatic ring is 1. The van der Waals surface area contributed by atoms with Gasteiger partial charge in [-0.3, -0.25) is 4.79 Å². The highest BCUT2D eigenvalue weighted by atomic mass is 16.5. The smallest absolute Gasteiger partial charge is 0.195 e. The fraction of sp³-hybridized carbons (Fsp3) is 0.375. The molecule has 29 heavy (non-hydrogen) atoms. The molecule has 1 fully saturated rings. The third kappa shape index (κ3) is 2.92. The minimum atomic E-state index is -0.333. The van der Waals surface area contributed by atoms with E-state index in [2.05, 4.69) is 30.2 Å². The molecule has 0 saturated carbocycles. The zero-order valence-electron chi connectivity index (χ0n) is 17.0. The van der Waals surface area contributed by atoms with Gasteiger partial charge in [0.1, 0.15) is 5.75 Å². The Bertz CT molecular complexity index is 1110. The van der Waals surface area contributed by atoms with Crippen LogP contribution in [0.3, 0.4) is 0 Å². The summed E-state index contributed by atoms with van der Waals surface area (Å²) in [6.07, 6.45) is 2.30. The highest BCUT2D eigenvalue weighted by molar-refractivity contribution is 6.20. The topological polar surface area (TPSA) is 80.1 Å². The van der Waals surface area contributed by atoms with Gasteiger partial charge in [0.15, 0.2) is 5.78 Å². The lowest BCUT2D eigenvalue weighted by Gasteiger charge is -2.32. The predicted molar refractivity (Wildman–Crippen MR) is 116 cm³/mol. The van der Waals surface area contributed by atoms with Crippen LogP contribution in [0, 0.1) is 5.92 Å². The Balaban J connectivity index is 1.52. The lowest BCUT2D eigenvalue weighted by atomic mass is 9.71. The van der Waals surface area contributed by atoms with Crippen LogP contribution in [0.4, 0.5) is 5.69 Å². The molecule has 5 heteroatoms. The first-order valence-electron chi connectivity index (χ1n) is 10.4. The van der Waals surface area contributed by atoms with E-state index in [1.54, 1.807) is 0 Å². The van der Waals surface area contributed by atoms with E-state index in [1.807, 2.05) is 30.3 Å². The minimum absolute atomic E-state index is 0.0650. The molecule has 5 rings (SSSR count). The number of benzene rings is 2. The van der Waals surface area contributed by atoms with Crippen molar-refractivity contribution >= 4 is 22.4 Å². The summed E-state index contributed by atoms with van der Waals surface area (Å²) in [4.78, 5) is 16.8. The van der Waals surface area contributed by atoms with Crippen molar-refractivity contribution < 1.29 is 9.53 Å². The maximum atomic E-state index is 13.4. The van der Waals surface area contributed by atoms with Gasteiger partial charge in [-0.1, -0.05) is 19.9 Å². The number of ketones is 1. The number of fused-ring (bicyclic) bond motifs is 4. The molecule has 1 aromatic heterocycles. The number of nitrogens with two attached hydrogens (primary N) is 1. The van der Waals surface area contributed by atoms with E-state index in [0.29, 0.717) is 11.6 Å². The Morgan fingerprint density at radius 1 is 1.14 bits per heavy atom. The SMILES string of the molecule is CC1(C)c2cc(OCC3CCNCC3)ccc2C(=O)c2c1[nH]c1cc(N)ccc21. The van der Waals surface area contributed by atoms with Gasteiger partial charge >= 0.3 is 0 Å². The standard InChI is InChI=1S/C24H27N3O2/c1-24(2)19-12-16(29-13-14-7-9-26-10-8-14)4-6-17(19)22(28)21-18-5-3-15(25)11-20(18)27-23(21)24/h3-6,11-12,14,26-27H,7-10,13,25H2,1-2H3. The summed E-state index contributed by atoms with van der Waals surface area (Å²) in [6.45, 7) is 7.17. The fourth-order valence-electron chi connectivity index (χ4n) is 4.78. The molecule has 0 bridgehead atoms. The van der Waals surface area contributed by atoms with Crippen LogP contribution in [-0.2, 0) is 5.41 Å². The van der Waals surface area contributed by atoms with Crippen LogP contribution < -0.4 is 15.8 Å². The van der Waals surface area contributed by atoms with E-state index < -0.39 is 0 Å². The summed E-state index contributed by atoms with van der Waals surface area (Å²) in [5.74, 6) is 1.50. The number of hydrogen-bond donors (Lipinski definition) is 3. The Morgan fingerprint density at radius 3 is 2.72 bits per heavy atom. The quantitative estimate of drug-likeness (QED) is 0.592. The van der Waals surface area contributed by atoms with E-state index in [-0.39, 0.29) is 11.2 Å². The summed E-state index contributed by atoms with van der Waals surface area (Å²) < 4.78 is 6.14. The molecule has 0 atom stereocenters. The van der Waals surface area contributed by atoms with E-state index in [4.69, 9.17) is 10.5 Å². The van der Waals surface area contributed by atoms with Gasteiger partial charge < -0.3 is 20.8 Å². The van der Waals surface area contributed by atoms with Crippen LogP contribution in [-0.4, -0.2) is 30.5 Å². The van der Waals surface area contributed by atoms with Crippen LogP contribution in [0.1, 0.15) is 53.9 Å². The Morgan fingerprint density at radius 2 is 1.93 bits per heavy atom. The summed E-state index contributed by atoms with van der Waals surface area (Å²) in [5, 5.41) is 4.32. The molecular weight excluding hydrogens is 362 g/mol. The zero-order chi connectivity index (χ0) is 20.2. The van der Waals surface area contributed by atoms with Gasteiger partial charge in [-0.15, -0.1) is 0 Å². The minimum Gasteiger partial charge on any atom is -0.493 e. The first kappa shape index (κ1) is 18.3. The zero-order valence-corrected chi connectivity index (χ0v) is 17.0. The predicted octanol–water partition coefficient (Wildman–Crippen LogP) is 4.00. The number of ether oxygens (including phenoxy) is 1. The van der Waals surface area contributed by atoms with Crippen molar-refractivity contribution in [3.8, 4) is 5.75 Å². The van der Waals surface area contributed by atoms with E-state index in [9.17, 15) is 4.79 Å².